The van der Waals surface area contributed by atoms with Crippen molar-refractivity contribution < 1.29 is 24.6 Å². The predicted molar refractivity (Wildman–Crippen MR) is 211 cm³/mol. The molecule has 4 aromatic rings. The Bertz CT molecular complexity index is 1660. The molecule has 0 radical (unpaired) electrons. The van der Waals surface area contributed by atoms with Gasteiger partial charge in [0, 0.05) is 5.92 Å². The number of aliphatic hydroxyl groups excluding tert-OH is 2. The average Bonchev–Trinajstić information content (AvgIpc) is 3.14. The van der Waals surface area contributed by atoms with Gasteiger partial charge in [-0.1, -0.05) is 139 Å². The third-order valence-electron chi connectivity index (χ3n) is 10.3. The molecule has 0 saturated carbocycles. The zero-order chi connectivity index (χ0) is 37.6. The summed E-state index contributed by atoms with van der Waals surface area (Å²) in [5.41, 5.74) is 2.14. The third kappa shape index (κ3) is 11.4. The second-order valence-electron chi connectivity index (χ2n) is 14.8. The van der Waals surface area contributed by atoms with Crippen LogP contribution in [0.25, 0.3) is 21.5 Å². The van der Waals surface area contributed by atoms with Crippen molar-refractivity contribution in [2.75, 3.05) is 6.61 Å². The molecule has 280 valence electrons. The summed E-state index contributed by atoms with van der Waals surface area (Å²) in [6, 6.07) is 26.8. The number of unbranched alkanes of at least 4 members (excludes halogenated alkanes) is 1. The summed E-state index contributed by atoms with van der Waals surface area (Å²) >= 11 is 0. The second kappa shape index (κ2) is 20.1. The highest BCUT2D eigenvalue weighted by atomic mass is 16.3. The molecule has 0 aromatic heterocycles. The largest absolute Gasteiger partial charge is 0.394 e. The molecule has 8 nitrogen and oxygen atoms in total. The Balaban J connectivity index is 1.57. The minimum atomic E-state index is -1.14. The molecule has 0 aliphatic rings. The molecule has 0 bridgehead atoms. The van der Waals surface area contributed by atoms with Crippen LogP contribution in [0.5, 0.6) is 0 Å². The Kier molecular flexibility index (Phi) is 15.7. The van der Waals surface area contributed by atoms with E-state index in [1.54, 1.807) is 0 Å². The molecule has 5 N–H and O–H groups in total. The fraction of sp³-hybridized carbons (Fsp3) is 0.477. The van der Waals surface area contributed by atoms with E-state index in [1.165, 1.54) is 0 Å². The molecule has 52 heavy (non-hydrogen) atoms. The number of hydrogen-bond acceptors (Lipinski definition) is 5. The van der Waals surface area contributed by atoms with Crippen LogP contribution in [0.3, 0.4) is 0 Å². The van der Waals surface area contributed by atoms with E-state index in [9.17, 15) is 24.6 Å². The quantitative estimate of drug-likeness (QED) is 0.0685. The first-order chi connectivity index (χ1) is 25.0. The summed E-state index contributed by atoms with van der Waals surface area (Å²) in [5.74, 6) is -1.20. The number of fused-ring (bicyclic) bond motifs is 2. The van der Waals surface area contributed by atoms with Crippen molar-refractivity contribution in [3.63, 3.8) is 0 Å². The van der Waals surface area contributed by atoms with E-state index < -0.39 is 30.1 Å². The monoisotopic (exact) mass is 709 g/mol. The standard InChI is InChI=1S/C44H59N3O5/c1-6-8-23-38(44(52)47-39(24-29(3)4)41(49)27-42(50)45-40(28-48)30(5)7-2)46-43(51)35(25-33-19-13-17-31-15-9-11-21-36(31)33)26-34-20-14-18-32-16-10-12-22-37(32)34/h9-22,29-30,35,38-41,48-49H,6-8,23-28H2,1-5H3,(H,45,50)(H,46,51)(H,47,52)/t30-,38-,39-,40+,41-/m0/s1. The van der Waals surface area contributed by atoms with Crippen molar-refractivity contribution in [1.29, 1.82) is 0 Å². The molecular formula is C44H59N3O5. The van der Waals surface area contributed by atoms with Crippen molar-refractivity contribution in [2.24, 2.45) is 17.8 Å². The van der Waals surface area contributed by atoms with Crippen molar-refractivity contribution in [3.8, 4) is 0 Å². The minimum absolute atomic E-state index is 0.0743. The van der Waals surface area contributed by atoms with Crippen LogP contribution in [0.15, 0.2) is 84.9 Å². The van der Waals surface area contributed by atoms with Crippen LogP contribution in [0, 0.1) is 17.8 Å². The number of aliphatic hydroxyl groups is 2. The Morgan fingerprint density at radius 3 is 1.77 bits per heavy atom. The minimum Gasteiger partial charge on any atom is -0.394 e. The fourth-order valence-corrected chi connectivity index (χ4v) is 7.05. The van der Waals surface area contributed by atoms with E-state index in [4.69, 9.17) is 0 Å². The molecule has 4 aromatic carbocycles. The molecule has 0 saturated heterocycles. The van der Waals surface area contributed by atoms with Crippen LogP contribution in [0.2, 0.25) is 0 Å². The highest BCUT2D eigenvalue weighted by Gasteiger charge is 2.31. The summed E-state index contributed by atoms with van der Waals surface area (Å²) in [6.45, 7) is 9.80. The van der Waals surface area contributed by atoms with E-state index in [0.29, 0.717) is 25.7 Å². The Morgan fingerprint density at radius 2 is 1.25 bits per heavy atom. The Hall–Kier alpha value is -4.27. The van der Waals surface area contributed by atoms with Gasteiger partial charge in [0.15, 0.2) is 0 Å². The van der Waals surface area contributed by atoms with Gasteiger partial charge in [-0.05, 0) is 70.2 Å². The molecular weight excluding hydrogens is 651 g/mol. The second-order valence-corrected chi connectivity index (χ2v) is 14.8. The molecule has 0 unspecified atom stereocenters. The molecule has 0 aliphatic heterocycles. The van der Waals surface area contributed by atoms with Gasteiger partial charge >= 0.3 is 0 Å². The molecule has 5 atom stereocenters. The van der Waals surface area contributed by atoms with Gasteiger partial charge in [0.05, 0.1) is 31.2 Å². The van der Waals surface area contributed by atoms with Gasteiger partial charge in [-0.15, -0.1) is 0 Å². The highest BCUT2D eigenvalue weighted by Crippen LogP contribution is 2.27. The van der Waals surface area contributed by atoms with Crippen LogP contribution in [-0.2, 0) is 27.2 Å². The first-order valence-electron chi connectivity index (χ1n) is 19.2. The lowest BCUT2D eigenvalue weighted by atomic mass is 9.87. The molecule has 0 heterocycles. The van der Waals surface area contributed by atoms with Gasteiger partial charge < -0.3 is 26.2 Å². The van der Waals surface area contributed by atoms with Crippen LogP contribution in [-0.4, -0.2) is 58.8 Å². The van der Waals surface area contributed by atoms with Gasteiger partial charge in [0.2, 0.25) is 17.7 Å². The molecule has 3 amide bonds. The smallest absolute Gasteiger partial charge is 0.242 e. The Morgan fingerprint density at radius 1 is 0.692 bits per heavy atom. The van der Waals surface area contributed by atoms with Gasteiger partial charge in [-0.25, -0.2) is 0 Å². The summed E-state index contributed by atoms with van der Waals surface area (Å²) in [5, 5.41) is 34.5. The number of carbonyl (C=O) groups excluding carboxylic acids is 3. The topological polar surface area (TPSA) is 128 Å². The zero-order valence-electron chi connectivity index (χ0n) is 31.6. The van der Waals surface area contributed by atoms with E-state index in [2.05, 4.69) is 64.5 Å². The normalized spacial score (nSPS) is 14.6. The van der Waals surface area contributed by atoms with E-state index >= 15 is 0 Å². The number of hydrogen-bond donors (Lipinski definition) is 5. The fourth-order valence-electron chi connectivity index (χ4n) is 7.05. The first-order valence-corrected chi connectivity index (χ1v) is 19.2. The first kappa shape index (κ1) is 40.5. The highest BCUT2D eigenvalue weighted by molar-refractivity contribution is 5.91. The van der Waals surface area contributed by atoms with E-state index in [0.717, 1.165) is 51.9 Å². The van der Waals surface area contributed by atoms with E-state index in [1.807, 2.05) is 71.0 Å². The summed E-state index contributed by atoms with van der Waals surface area (Å²) in [6.07, 6.45) is 2.89. The SMILES string of the molecule is CCCC[C@H](NC(=O)C(Cc1cccc2ccccc12)Cc1cccc2ccccc12)C(=O)N[C@@H](CC(C)C)[C@@H](O)CC(=O)N[C@H](CO)[C@@H](C)CC. The molecule has 4 rings (SSSR count). The maximum atomic E-state index is 14.4. The maximum Gasteiger partial charge on any atom is 0.242 e. The van der Waals surface area contributed by atoms with Crippen molar-refractivity contribution in [2.45, 2.75) is 110 Å². The lowest BCUT2D eigenvalue weighted by Gasteiger charge is -2.29. The summed E-state index contributed by atoms with van der Waals surface area (Å²) < 4.78 is 0. The molecule has 0 fully saturated rings. The van der Waals surface area contributed by atoms with Crippen molar-refractivity contribution in [3.05, 3.63) is 96.1 Å². The zero-order valence-corrected chi connectivity index (χ0v) is 31.6. The number of rotatable bonds is 20. The van der Waals surface area contributed by atoms with Gasteiger partial charge in [-0.3, -0.25) is 14.4 Å². The average molecular weight is 710 g/mol. The van der Waals surface area contributed by atoms with Crippen molar-refractivity contribution >= 4 is 39.3 Å². The Labute approximate surface area is 309 Å². The maximum absolute atomic E-state index is 14.4. The number of benzene rings is 4. The molecule has 0 spiro atoms. The summed E-state index contributed by atoms with van der Waals surface area (Å²) in [7, 11) is 0. The summed E-state index contributed by atoms with van der Waals surface area (Å²) in [4.78, 5) is 41.4. The molecule has 0 aliphatic carbocycles. The van der Waals surface area contributed by atoms with E-state index in [-0.39, 0.29) is 42.6 Å². The van der Waals surface area contributed by atoms with Crippen LogP contribution < -0.4 is 16.0 Å². The van der Waals surface area contributed by atoms with Crippen molar-refractivity contribution in [1.82, 2.24) is 16.0 Å². The lowest BCUT2D eigenvalue weighted by Crippen LogP contribution is -2.54. The van der Waals surface area contributed by atoms with Crippen LogP contribution in [0.4, 0.5) is 0 Å². The number of nitrogens with one attached hydrogen (secondary N) is 3. The van der Waals surface area contributed by atoms with Gasteiger partial charge in [-0.2, -0.15) is 0 Å². The number of carbonyl (C=O) groups is 3. The molecule has 8 heteroatoms. The van der Waals surface area contributed by atoms with Crippen LogP contribution in [0.1, 0.15) is 84.3 Å². The van der Waals surface area contributed by atoms with Gasteiger partial charge in [0.25, 0.3) is 0 Å². The van der Waals surface area contributed by atoms with Crippen LogP contribution >= 0.6 is 0 Å². The lowest BCUT2D eigenvalue weighted by molar-refractivity contribution is -0.132. The predicted octanol–water partition coefficient (Wildman–Crippen LogP) is 6.87. The number of amides is 3. The third-order valence-corrected chi connectivity index (χ3v) is 10.3. The van der Waals surface area contributed by atoms with Gasteiger partial charge in [0.1, 0.15) is 6.04 Å².